The fraction of sp³-hybridized carbons (Fsp3) is 0.611. The van der Waals surface area contributed by atoms with Crippen LogP contribution in [-0.2, 0) is 9.53 Å². The molecular formula is C18H26N2O4. The second-order valence-corrected chi connectivity index (χ2v) is 6.46. The van der Waals surface area contributed by atoms with Gasteiger partial charge in [-0.2, -0.15) is 0 Å². The number of rotatable bonds is 7. The third-order valence-corrected chi connectivity index (χ3v) is 4.59. The lowest BCUT2D eigenvalue weighted by Crippen LogP contribution is -2.44. The lowest BCUT2D eigenvalue weighted by Gasteiger charge is -2.28. The van der Waals surface area contributed by atoms with Crippen molar-refractivity contribution in [3.8, 4) is 0 Å². The Morgan fingerprint density at radius 2 is 1.92 bits per heavy atom. The molecule has 1 heterocycles. The quantitative estimate of drug-likeness (QED) is 0.614. The van der Waals surface area contributed by atoms with E-state index in [1.807, 2.05) is 6.92 Å². The molecule has 1 amide bonds. The lowest BCUT2D eigenvalue weighted by molar-refractivity contribution is -0.133. The van der Waals surface area contributed by atoms with Gasteiger partial charge in [-0.15, -0.1) is 0 Å². The van der Waals surface area contributed by atoms with Gasteiger partial charge in [0, 0.05) is 23.7 Å². The first kappa shape index (κ1) is 18.2. The summed E-state index contributed by atoms with van der Waals surface area (Å²) in [6, 6.07) is -0.545. The third kappa shape index (κ3) is 3.37. The van der Waals surface area contributed by atoms with Gasteiger partial charge in [0.1, 0.15) is 5.69 Å². The second-order valence-electron chi connectivity index (χ2n) is 6.46. The van der Waals surface area contributed by atoms with Crippen molar-refractivity contribution in [3.05, 3.63) is 22.5 Å². The number of esters is 1. The Hall–Kier alpha value is -2.11. The van der Waals surface area contributed by atoms with Crippen molar-refractivity contribution >= 4 is 17.7 Å². The predicted octanol–water partition coefficient (Wildman–Crippen LogP) is 2.64. The van der Waals surface area contributed by atoms with E-state index < -0.39 is 12.0 Å². The summed E-state index contributed by atoms with van der Waals surface area (Å²) in [5, 5.41) is 0. The van der Waals surface area contributed by atoms with Gasteiger partial charge >= 0.3 is 5.97 Å². The number of carbonyl (C=O) groups excluding carboxylic acids is 3. The molecule has 1 aromatic rings. The van der Waals surface area contributed by atoms with E-state index in [0.29, 0.717) is 29.1 Å². The van der Waals surface area contributed by atoms with Crippen LogP contribution in [0.25, 0.3) is 0 Å². The monoisotopic (exact) mass is 334 g/mol. The summed E-state index contributed by atoms with van der Waals surface area (Å²) in [6.45, 7) is 7.80. The number of Topliss-reactive ketones (excluding diaryl/α,β-unsaturated/α-hetero) is 1. The lowest BCUT2D eigenvalue weighted by atomic mass is 9.99. The van der Waals surface area contributed by atoms with E-state index >= 15 is 0 Å². The number of hydrogen-bond acceptors (Lipinski definition) is 4. The molecule has 0 spiro atoms. The molecule has 1 saturated carbocycles. The first-order valence-corrected chi connectivity index (χ1v) is 8.45. The topological polar surface area (TPSA) is 79.5 Å². The van der Waals surface area contributed by atoms with Gasteiger partial charge in [-0.25, -0.2) is 4.79 Å². The molecule has 1 aliphatic rings. The third-order valence-electron chi connectivity index (χ3n) is 4.59. The summed E-state index contributed by atoms with van der Waals surface area (Å²) in [7, 11) is 1.30. The Bertz CT molecular complexity index is 658. The highest BCUT2D eigenvalue weighted by Crippen LogP contribution is 2.32. The van der Waals surface area contributed by atoms with E-state index in [0.717, 1.165) is 19.3 Å². The van der Waals surface area contributed by atoms with Crippen LogP contribution >= 0.6 is 0 Å². The van der Waals surface area contributed by atoms with Crippen LogP contribution in [0.5, 0.6) is 0 Å². The molecule has 0 saturated heterocycles. The molecule has 0 aliphatic heterocycles. The van der Waals surface area contributed by atoms with E-state index in [4.69, 9.17) is 4.74 Å². The SMILES string of the molecule is CCCN(C(=O)C1CC1)[C@H](C)C(=O)c1c(C)[nH]c(C(=O)OC)c1C. The molecule has 1 fully saturated rings. The first-order valence-electron chi connectivity index (χ1n) is 8.45. The van der Waals surface area contributed by atoms with Crippen molar-refractivity contribution in [2.24, 2.45) is 5.92 Å². The number of aromatic amines is 1. The van der Waals surface area contributed by atoms with Crippen LogP contribution in [0.3, 0.4) is 0 Å². The van der Waals surface area contributed by atoms with Crippen molar-refractivity contribution in [1.82, 2.24) is 9.88 Å². The maximum Gasteiger partial charge on any atom is 0.354 e. The molecule has 24 heavy (non-hydrogen) atoms. The molecular weight excluding hydrogens is 308 g/mol. The van der Waals surface area contributed by atoms with E-state index in [2.05, 4.69) is 4.98 Å². The number of ether oxygens (including phenoxy) is 1. The Labute approximate surface area is 142 Å². The summed E-state index contributed by atoms with van der Waals surface area (Å²) < 4.78 is 4.74. The van der Waals surface area contributed by atoms with Crippen molar-refractivity contribution in [2.45, 2.75) is 53.0 Å². The molecule has 0 bridgehead atoms. The highest BCUT2D eigenvalue weighted by atomic mass is 16.5. The molecule has 2 rings (SSSR count). The summed E-state index contributed by atoms with van der Waals surface area (Å²) in [5.41, 5.74) is 1.97. The first-order chi connectivity index (χ1) is 11.3. The maximum atomic E-state index is 13.0. The number of aryl methyl sites for hydroxylation is 1. The number of nitrogens with zero attached hydrogens (tertiary/aromatic N) is 1. The minimum atomic E-state index is -0.545. The highest BCUT2D eigenvalue weighted by Gasteiger charge is 2.37. The summed E-state index contributed by atoms with van der Waals surface area (Å²) in [4.78, 5) is 41.9. The number of methoxy groups -OCH3 is 1. The van der Waals surface area contributed by atoms with Crippen LogP contribution in [0.15, 0.2) is 0 Å². The Balaban J connectivity index is 2.30. The fourth-order valence-electron chi connectivity index (χ4n) is 3.08. The minimum absolute atomic E-state index is 0.0664. The largest absolute Gasteiger partial charge is 0.464 e. The van der Waals surface area contributed by atoms with Gasteiger partial charge in [-0.05, 0) is 45.6 Å². The van der Waals surface area contributed by atoms with Gasteiger partial charge in [-0.3, -0.25) is 9.59 Å². The highest BCUT2D eigenvalue weighted by molar-refractivity contribution is 6.06. The number of carbonyl (C=O) groups is 3. The van der Waals surface area contributed by atoms with Crippen LogP contribution in [0, 0.1) is 19.8 Å². The zero-order chi connectivity index (χ0) is 18.0. The maximum absolute atomic E-state index is 13.0. The van der Waals surface area contributed by atoms with Gasteiger partial charge in [0.15, 0.2) is 5.78 Å². The standard InChI is InChI=1S/C18H26N2O4/c1-6-9-20(17(22)13-7-8-13)12(4)16(21)14-10(2)15(18(23)24-5)19-11(14)3/h12-13,19H,6-9H2,1-5H3/t12-/m1/s1. The smallest absolute Gasteiger partial charge is 0.354 e. The van der Waals surface area contributed by atoms with Crippen LogP contribution in [0.1, 0.15) is 65.2 Å². The predicted molar refractivity (Wildman–Crippen MR) is 90.1 cm³/mol. The average Bonchev–Trinajstić information content (AvgIpc) is 3.36. The summed E-state index contributed by atoms with van der Waals surface area (Å²) in [6.07, 6.45) is 2.62. The molecule has 1 atom stereocenters. The Kier molecular flexibility index (Phi) is 5.47. The van der Waals surface area contributed by atoms with E-state index in [1.165, 1.54) is 7.11 Å². The minimum Gasteiger partial charge on any atom is -0.464 e. The van der Waals surface area contributed by atoms with Gasteiger partial charge in [0.25, 0.3) is 0 Å². The van der Waals surface area contributed by atoms with E-state index in [1.54, 1.807) is 25.7 Å². The van der Waals surface area contributed by atoms with Crippen LogP contribution < -0.4 is 0 Å². The van der Waals surface area contributed by atoms with E-state index in [9.17, 15) is 14.4 Å². The number of nitrogens with one attached hydrogen (secondary N) is 1. The van der Waals surface area contributed by atoms with Crippen LogP contribution in [0.4, 0.5) is 0 Å². The Morgan fingerprint density at radius 1 is 1.29 bits per heavy atom. The van der Waals surface area contributed by atoms with Gasteiger partial charge in [0.2, 0.25) is 5.91 Å². The fourth-order valence-corrected chi connectivity index (χ4v) is 3.08. The summed E-state index contributed by atoms with van der Waals surface area (Å²) in [5.74, 6) is -0.497. The molecule has 1 N–H and O–H groups in total. The zero-order valence-electron chi connectivity index (χ0n) is 15.1. The molecule has 132 valence electrons. The summed E-state index contributed by atoms with van der Waals surface area (Å²) >= 11 is 0. The molecule has 6 heteroatoms. The van der Waals surface area contributed by atoms with Crippen molar-refractivity contribution < 1.29 is 19.1 Å². The van der Waals surface area contributed by atoms with Gasteiger partial charge < -0.3 is 14.6 Å². The number of H-pyrrole nitrogens is 1. The number of hydrogen-bond donors (Lipinski definition) is 1. The van der Waals surface area contributed by atoms with E-state index in [-0.39, 0.29) is 17.6 Å². The Morgan fingerprint density at radius 3 is 2.42 bits per heavy atom. The van der Waals surface area contributed by atoms with Crippen molar-refractivity contribution in [1.29, 1.82) is 0 Å². The molecule has 0 radical (unpaired) electrons. The van der Waals surface area contributed by atoms with Crippen LogP contribution in [-0.4, -0.2) is 47.2 Å². The number of aromatic nitrogens is 1. The second kappa shape index (κ2) is 7.20. The molecule has 6 nitrogen and oxygen atoms in total. The van der Waals surface area contributed by atoms with Gasteiger partial charge in [-0.1, -0.05) is 6.92 Å². The number of amides is 1. The van der Waals surface area contributed by atoms with Crippen molar-refractivity contribution in [3.63, 3.8) is 0 Å². The normalized spacial score (nSPS) is 15.0. The van der Waals surface area contributed by atoms with Crippen LogP contribution in [0.2, 0.25) is 0 Å². The van der Waals surface area contributed by atoms with Crippen molar-refractivity contribution in [2.75, 3.05) is 13.7 Å². The molecule has 1 aromatic heterocycles. The molecule has 1 aliphatic carbocycles. The zero-order valence-corrected chi connectivity index (χ0v) is 15.1. The molecule has 0 unspecified atom stereocenters. The molecule has 0 aromatic carbocycles. The number of ketones is 1. The average molecular weight is 334 g/mol. The van der Waals surface area contributed by atoms with Gasteiger partial charge in [0.05, 0.1) is 13.2 Å².